The van der Waals surface area contributed by atoms with Gasteiger partial charge >= 0.3 is 45.5 Å². The van der Waals surface area contributed by atoms with Gasteiger partial charge in [-0.3, -0.25) is 0 Å². The van der Waals surface area contributed by atoms with Crippen LogP contribution in [-0.4, -0.2) is 23.7 Å². The first kappa shape index (κ1) is 16.4. The third-order valence-electron chi connectivity index (χ3n) is 0. The van der Waals surface area contributed by atoms with Gasteiger partial charge in [-0.1, -0.05) is 0 Å². The van der Waals surface area contributed by atoms with E-state index in [1.165, 1.54) is 0 Å². The quantitative estimate of drug-likeness (QED) is 0.466. The van der Waals surface area contributed by atoms with E-state index in [-0.39, 0.29) is 69.6 Å². The summed E-state index contributed by atoms with van der Waals surface area (Å²) in [7, 11) is 0. The Morgan fingerprint density at radius 1 is 1.25 bits per heavy atom. The van der Waals surface area contributed by atoms with Gasteiger partial charge in [-0.25, -0.2) is 0 Å². The summed E-state index contributed by atoms with van der Waals surface area (Å²) in [5.74, 6) is 0. The molecule has 0 N–H and O–H groups in total. The topological polar surface area (TPSA) is 17.1 Å². The van der Waals surface area contributed by atoms with Gasteiger partial charge in [-0.15, -0.1) is 0 Å². The van der Waals surface area contributed by atoms with Crippen molar-refractivity contribution in [2.75, 3.05) is 0 Å². The van der Waals surface area contributed by atoms with Gasteiger partial charge in [-0.2, -0.15) is 0 Å². The molecule has 0 heterocycles. The molecule has 0 radical (unpaired) electrons. The van der Waals surface area contributed by atoms with Crippen LogP contribution in [0, 0.1) is 0 Å². The van der Waals surface area contributed by atoms with Crippen molar-refractivity contribution < 1.29 is 49.5 Å². The second kappa shape index (κ2) is 19.2. The Labute approximate surface area is 72.1 Å². The van der Waals surface area contributed by atoms with Crippen LogP contribution in [0.15, 0.2) is 0 Å². The van der Waals surface area contributed by atoms with E-state index < -0.39 is 0 Å². The van der Waals surface area contributed by atoms with Gasteiger partial charge in [0, 0.05) is 27.7 Å². The van der Waals surface area contributed by atoms with Gasteiger partial charge in [-0.05, 0) is 0 Å². The monoisotopic (exact) mass is 414 g/mol. The Hall–Kier alpha value is 2.15. The molecule has 4 heteroatoms. The minimum atomic E-state index is 0. The molecule has 0 amide bonds. The first-order chi connectivity index (χ1) is 1.00. The van der Waals surface area contributed by atoms with Crippen molar-refractivity contribution >= 4 is 23.7 Å². The molecule has 0 bridgehead atoms. The summed E-state index contributed by atoms with van der Waals surface area (Å²) in [6.07, 6.45) is 0. The summed E-state index contributed by atoms with van der Waals surface area (Å²) in [5.41, 5.74) is 0. The van der Waals surface area contributed by atoms with Crippen LogP contribution in [0.25, 0.3) is 0 Å². The molecule has 0 atom stereocenters. The van der Waals surface area contributed by atoms with Crippen LogP contribution in [0.4, 0.5) is 0 Å². The zero-order valence-corrected chi connectivity index (χ0v) is 13.6. The molecule has 0 aliphatic carbocycles. The van der Waals surface area contributed by atoms with Crippen LogP contribution < -0.4 is 0 Å². The summed E-state index contributed by atoms with van der Waals surface area (Å²) in [4.78, 5) is 0. The molecule has 18 valence electrons. The summed E-state index contributed by atoms with van der Waals surface area (Å²) in [5, 5.41) is 0. The fourth-order valence-electron chi connectivity index (χ4n) is 0. The second-order valence-electron chi connectivity index (χ2n) is 0. The maximum absolute atomic E-state index is 8.38. The van der Waals surface area contributed by atoms with E-state index in [0.29, 0.717) is 0 Å². The summed E-state index contributed by atoms with van der Waals surface area (Å²) in [6, 6.07) is 0. The van der Waals surface area contributed by atoms with Crippen molar-refractivity contribution in [2.45, 2.75) is 0 Å². The molecule has 4 heavy (non-hydrogen) atoms. The molecule has 0 fully saturated rings. The predicted molar refractivity (Wildman–Crippen MR) is 9.23 cm³/mol. The van der Waals surface area contributed by atoms with Crippen molar-refractivity contribution in [3.8, 4) is 0 Å². The Kier molecular flexibility index (Phi) is 78.9. The van der Waals surface area contributed by atoms with Crippen LogP contribution in [-0.2, 0) is 49.5 Å². The molecule has 0 aromatic rings. The molecule has 0 saturated heterocycles. The van der Waals surface area contributed by atoms with Gasteiger partial charge in [0.05, 0.1) is 0 Å². The Bertz CT molecular complexity index is 8.00. The number of hydrogen-bond donors (Lipinski definition) is 0. The van der Waals surface area contributed by atoms with E-state index in [2.05, 4.69) is 0 Å². The molecular weight excluding hydrogens is 410 g/mol. The van der Waals surface area contributed by atoms with E-state index in [1.54, 1.807) is 0 Å². The molecule has 0 rings (SSSR count). The van der Waals surface area contributed by atoms with Gasteiger partial charge in [0.2, 0.25) is 0 Å². The van der Waals surface area contributed by atoms with Gasteiger partial charge in [0.1, 0.15) is 0 Å². The normalized spacial score (nSPS) is 1.50. The predicted octanol–water partition coefficient (Wildman–Crippen LogP) is -1.04. The Balaban J connectivity index is -0.00000000500. The third-order valence-corrected chi connectivity index (χ3v) is 0. The van der Waals surface area contributed by atoms with Crippen molar-refractivity contribution in [2.24, 2.45) is 0 Å². The van der Waals surface area contributed by atoms with Crippen LogP contribution in [0.2, 0.25) is 0 Å². The minimum absolute atomic E-state index is 0. The molecule has 0 saturated carbocycles. The van der Waals surface area contributed by atoms with E-state index >= 15 is 0 Å². The Morgan fingerprint density at radius 3 is 1.25 bits per heavy atom. The van der Waals surface area contributed by atoms with Crippen LogP contribution in [0.3, 0.4) is 0 Å². The molecule has 0 aliphatic heterocycles. The molecule has 0 aromatic carbocycles. The van der Waals surface area contributed by atoms with Gasteiger partial charge in [0.15, 0.2) is 0 Å². The molecule has 0 aromatic heterocycles. The van der Waals surface area contributed by atoms with Crippen LogP contribution in [0.1, 0.15) is 0 Å². The first-order valence-corrected chi connectivity index (χ1v) is 1.50. The molecule has 1 nitrogen and oxygen atoms in total. The zero-order valence-electron chi connectivity index (χ0n) is 2.32. The summed E-state index contributed by atoms with van der Waals surface area (Å²) in [6.45, 7) is 0. The zero-order chi connectivity index (χ0) is 2.00. The number of hydrogen-bond acceptors (Lipinski definition) is 1. The fraction of sp³-hybridized carbons (Fsp3) is 0. The van der Waals surface area contributed by atoms with Gasteiger partial charge < -0.3 is 0 Å². The standard InChI is InChI=1S/Hg.O.H2Te.Zn/h;;1H2;. The van der Waals surface area contributed by atoms with E-state index in [4.69, 9.17) is 3.57 Å². The molecular formula is H2HgOTeZn. The van der Waals surface area contributed by atoms with Crippen molar-refractivity contribution in [3.05, 3.63) is 0 Å². The van der Waals surface area contributed by atoms with Crippen molar-refractivity contribution in [3.63, 3.8) is 0 Å². The maximum atomic E-state index is 8.38. The molecule has 0 unspecified atom stereocenters. The van der Waals surface area contributed by atoms with E-state index in [0.717, 1.165) is 0 Å². The number of rotatable bonds is 0. The average Bonchev–Trinajstić information content (AvgIpc) is 1.00. The van der Waals surface area contributed by atoms with Crippen molar-refractivity contribution in [1.29, 1.82) is 0 Å². The SMILES string of the molecule is [Hg].[O]=[Zn].[TeH2]. The van der Waals surface area contributed by atoms with E-state index in [1.807, 2.05) is 0 Å². The third kappa shape index (κ3) is 8.91. The molecule has 0 spiro atoms. The summed E-state index contributed by atoms with van der Waals surface area (Å²) < 4.78 is 8.38. The van der Waals surface area contributed by atoms with Crippen LogP contribution >= 0.6 is 0 Å². The van der Waals surface area contributed by atoms with Gasteiger partial charge in [0.25, 0.3) is 0 Å². The average molecular weight is 412 g/mol. The van der Waals surface area contributed by atoms with E-state index in [9.17, 15) is 0 Å². The van der Waals surface area contributed by atoms with Crippen molar-refractivity contribution in [1.82, 2.24) is 0 Å². The summed E-state index contributed by atoms with van der Waals surface area (Å²) >= 11 is 0.125. The second-order valence-corrected chi connectivity index (χ2v) is 0. The molecule has 0 aliphatic rings. The Morgan fingerprint density at radius 2 is 1.25 bits per heavy atom. The first-order valence-electron chi connectivity index (χ1n) is 0.289. The van der Waals surface area contributed by atoms with Crippen LogP contribution in [0.5, 0.6) is 0 Å². The fourth-order valence-corrected chi connectivity index (χ4v) is 0.